The zero-order valence-corrected chi connectivity index (χ0v) is 18.9. The van der Waals surface area contributed by atoms with Crippen LogP contribution >= 0.6 is 11.9 Å². The van der Waals surface area contributed by atoms with E-state index in [0.717, 1.165) is 19.3 Å². The fourth-order valence-electron chi connectivity index (χ4n) is 2.62. The first-order chi connectivity index (χ1) is 13.9. The largest absolute Gasteiger partial charge is 0.480 e. The van der Waals surface area contributed by atoms with E-state index in [-0.39, 0.29) is 11.9 Å². The lowest BCUT2D eigenvalue weighted by molar-refractivity contribution is -0.142. The lowest BCUT2D eigenvalue weighted by Gasteiger charge is -2.14. The average Bonchev–Trinajstić information content (AvgIpc) is 2.68. The van der Waals surface area contributed by atoms with Crippen LogP contribution in [0.2, 0.25) is 0 Å². The molecule has 0 fully saturated rings. The van der Waals surface area contributed by atoms with Crippen molar-refractivity contribution in [3.8, 4) is 0 Å². The number of hydrogen-bond donors (Lipinski definition) is 4. The summed E-state index contributed by atoms with van der Waals surface area (Å²) in [6, 6.07) is -0.875. The highest BCUT2D eigenvalue weighted by Gasteiger charge is 2.18. The zero-order valence-electron chi connectivity index (χ0n) is 18.1. The quantitative estimate of drug-likeness (QED) is 0.155. The van der Waals surface area contributed by atoms with E-state index >= 15 is 0 Å². The fourth-order valence-corrected chi connectivity index (χ4v) is 2.62. The van der Waals surface area contributed by atoms with E-state index in [2.05, 4.69) is 33.4 Å². The van der Waals surface area contributed by atoms with Gasteiger partial charge in [0.1, 0.15) is 6.04 Å². The summed E-state index contributed by atoms with van der Waals surface area (Å²) in [6.07, 6.45) is 11.9. The molecule has 0 aliphatic rings. The molecule has 1 atom stereocenters. The molecule has 0 saturated carbocycles. The Labute approximate surface area is 181 Å². The second-order valence-electron chi connectivity index (χ2n) is 6.88. The van der Waals surface area contributed by atoms with Gasteiger partial charge in [-0.2, -0.15) is 0 Å². The van der Waals surface area contributed by atoms with Crippen molar-refractivity contribution in [1.29, 1.82) is 0 Å². The topological polar surface area (TPSA) is 140 Å². The number of carboxylic acids is 1. The first-order valence-electron chi connectivity index (χ1n) is 10.7. The first kappa shape index (κ1) is 29.7. The predicted molar refractivity (Wildman–Crippen MR) is 119 cm³/mol. The highest BCUT2D eigenvalue weighted by atomic mass is 35.5. The number of nitrogens with zero attached hydrogens (tertiary/aromatic N) is 1. The SMILES string of the molecule is CCCCCCCCCCCC(=O)N[C@@H](CCCN=C(N)N)C(=O)O.CCOCl. The molecule has 0 aliphatic heterocycles. The van der Waals surface area contributed by atoms with Crippen molar-refractivity contribution < 1.29 is 19.0 Å². The van der Waals surface area contributed by atoms with Crippen molar-refractivity contribution in [3.05, 3.63) is 0 Å². The molecule has 0 aromatic heterocycles. The van der Waals surface area contributed by atoms with Gasteiger partial charge >= 0.3 is 5.97 Å². The van der Waals surface area contributed by atoms with Gasteiger partial charge in [-0.05, 0) is 26.2 Å². The molecule has 0 radical (unpaired) electrons. The lowest BCUT2D eigenvalue weighted by Crippen LogP contribution is -2.40. The van der Waals surface area contributed by atoms with Crippen molar-refractivity contribution in [3.63, 3.8) is 0 Å². The molecular weight excluding hydrogens is 396 g/mol. The van der Waals surface area contributed by atoms with Crippen molar-refractivity contribution in [1.82, 2.24) is 5.32 Å². The van der Waals surface area contributed by atoms with Crippen molar-refractivity contribution in [2.24, 2.45) is 16.5 Å². The Morgan fingerprint density at radius 3 is 1.97 bits per heavy atom. The number of carbonyl (C=O) groups excluding carboxylic acids is 1. The third-order valence-corrected chi connectivity index (χ3v) is 4.41. The highest BCUT2D eigenvalue weighted by molar-refractivity contribution is 6.07. The number of carboxylic acid groups (broad SMARTS) is 1. The van der Waals surface area contributed by atoms with Gasteiger partial charge < -0.3 is 21.9 Å². The van der Waals surface area contributed by atoms with Gasteiger partial charge in [0.15, 0.2) is 5.96 Å². The zero-order chi connectivity index (χ0) is 22.3. The number of nitrogens with one attached hydrogen (secondary N) is 1. The van der Waals surface area contributed by atoms with E-state index in [1.807, 2.05) is 6.92 Å². The van der Waals surface area contributed by atoms with Crippen molar-refractivity contribution >= 4 is 29.7 Å². The number of unbranched alkanes of at least 4 members (excludes halogenated alkanes) is 8. The Morgan fingerprint density at radius 1 is 1.00 bits per heavy atom. The van der Waals surface area contributed by atoms with E-state index in [1.165, 1.54) is 38.5 Å². The van der Waals surface area contributed by atoms with E-state index in [1.54, 1.807) is 0 Å². The molecule has 0 rings (SSSR count). The van der Waals surface area contributed by atoms with Crippen LogP contribution in [0.1, 0.15) is 90.9 Å². The lowest BCUT2D eigenvalue weighted by atomic mass is 10.1. The minimum absolute atomic E-state index is 0.0127. The number of hydrogen-bond acceptors (Lipinski definition) is 4. The molecule has 9 heteroatoms. The molecule has 0 heterocycles. The van der Waals surface area contributed by atoms with Crippen LogP contribution < -0.4 is 16.8 Å². The Morgan fingerprint density at radius 2 is 1.52 bits per heavy atom. The summed E-state index contributed by atoms with van der Waals surface area (Å²) in [6.45, 7) is 4.98. The maximum Gasteiger partial charge on any atom is 0.326 e. The molecule has 0 aliphatic carbocycles. The highest BCUT2D eigenvalue weighted by Crippen LogP contribution is 2.10. The fraction of sp³-hybridized carbons (Fsp3) is 0.850. The van der Waals surface area contributed by atoms with Crippen LogP contribution in [0, 0.1) is 0 Å². The maximum atomic E-state index is 11.9. The minimum atomic E-state index is -1.02. The predicted octanol–water partition coefficient (Wildman–Crippen LogP) is 3.71. The van der Waals surface area contributed by atoms with Crippen LogP contribution in [-0.4, -0.2) is 42.1 Å². The van der Waals surface area contributed by atoms with Crippen LogP contribution in [0.4, 0.5) is 0 Å². The van der Waals surface area contributed by atoms with Gasteiger partial charge in [-0.15, -0.1) is 0 Å². The standard InChI is InChI=1S/C18H36N4O3.C2H5ClO/c1-2-3-4-5-6-7-8-9-10-13-16(23)22-15(17(24)25)12-11-14-21-18(19)20;1-2-4-3/h15H,2-14H2,1H3,(H,22,23)(H,24,25)(H4,19,20,21);2H2,1H3/t15-;/m0./s1. The molecular formula is C20H41ClN4O4. The molecule has 0 aromatic carbocycles. The normalized spacial score (nSPS) is 11.1. The number of aliphatic carboxylic acids is 1. The van der Waals surface area contributed by atoms with Gasteiger partial charge in [-0.1, -0.05) is 58.3 Å². The molecule has 29 heavy (non-hydrogen) atoms. The van der Waals surface area contributed by atoms with E-state index in [0.29, 0.717) is 32.4 Å². The second kappa shape index (κ2) is 22.7. The maximum absolute atomic E-state index is 11.9. The Kier molecular flexibility index (Phi) is 23.3. The van der Waals surface area contributed by atoms with Crippen LogP contribution in [0.25, 0.3) is 0 Å². The number of halogens is 1. The number of carbonyl (C=O) groups is 2. The second-order valence-corrected chi connectivity index (χ2v) is 7.10. The van der Waals surface area contributed by atoms with Crippen LogP contribution in [-0.2, 0) is 13.9 Å². The van der Waals surface area contributed by atoms with E-state index < -0.39 is 12.0 Å². The summed E-state index contributed by atoms with van der Waals surface area (Å²) in [4.78, 5) is 26.9. The monoisotopic (exact) mass is 436 g/mol. The van der Waals surface area contributed by atoms with E-state index in [9.17, 15) is 9.59 Å². The molecule has 172 valence electrons. The number of guanidine groups is 1. The van der Waals surface area contributed by atoms with Crippen molar-refractivity contribution in [2.45, 2.75) is 96.9 Å². The molecule has 1 amide bonds. The van der Waals surface area contributed by atoms with Crippen LogP contribution in [0.15, 0.2) is 4.99 Å². The summed E-state index contributed by atoms with van der Waals surface area (Å²) in [5.41, 5.74) is 10.4. The third-order valence-electron chi connectivity index (χ3n) is 4.20. The van der Waals surface area contributed by atoms with Gasteiger partial charge in [0.2, 0.25) is 5.91 Å². The molecule has 0 aromatic rings. The van der Waals surface area contributed by atoms with Gasteiger partial charge in [0.25, 0.3) is 0 Å². The van der Waals surface area contributed by atoms with Gasteiger partial charge in [-0.3, -0.25) is 14.1 Å². The van der Waals surface area contributed by atoms with Gasteiger partial charge in [-0.25, -0.2) is 4.79 Å². The van der Waals surface area contributed by atoms with Gasteiger partial charge in [0, 0.05) is 13.0 Å². The first-order valence-corrected chi connectivity index (χ1v) is 11.0. The molecule has 0 unspecified atom stereocenters. The number of aliphatic imine (C=N–C) groups is 1. The van der Waals surface area contributed by atoms with Crippen LogP contribution in [0.5, 0.6) is 0 Å². The number of amides is 1. The Bertz CT molecular complexity index is 431. The summed E-state index contributed by atoms with van der Waals surface area (Å²) in [7, 11) is 0. The molecule has 0 spiro atoms. The summed E-state index contributed by atoms with van der Waals surface area (Å²) in [5, 5.41) is 11.7. The molecule has 8 nitrogen and oxygen atoms in total. The summed E-state index contributed by atoms with van der Waals surface area (Å²) < 4.78 is 4.01. The summed E-state index contributed by atoms with van der Waals surface area (Å²) in [5.74, 6) is -1.23. The molecule has 0 bridgehead atoms. The number of nitrogens with two attached hydrogens (primary N) is 2. The third kappa shape index (κ3) is 24.4. The van der Waals surface area contributed by atoms with Crippen LogP contribution in [0.3, 0.4) is 0 Å². The Balaban J connectivity index is 0. The Hall–Kier alpha value is -1.54. The van der Waals surface area contributed by atoms with Gasteiger partial charge in [0.05, 0.1) is 18.5 Å². The average molecular weight is 437 g/mol. The molecule has 0 saturated heterocycles. The van der Waals surface area contributed by atoms with E-state index in [4.69, 9.17) is 16.6 Å². The summed E-state index contributed by atoms with van der Waals surface area (Å²) >= 11 is 4.69. The number of rotatable bonds is 17. The van der Waals surface area contributed by atoms with Crippen molar-refractivity contribution in [2.75, 3.05) is 13.2 Å². The smallest absolute Gasteiger partial charge is 0.326 e. The minimum Gasteiger partial charge on any atom is -0.480 e. The molecule has 6 N–H and O–H groups in total.